The van der Waals surface area contributed by atoms with E-state index < -0.39 is 0 Å². The van der Waals surface area contributed by atoms with Gasteiger partial charge in [-0.05, 0) is 36.2 Å². The van der Waals surface area contributed by atoms with Gasteiger partial charge in [0.1, 0.15) is 10.8 Å². The standard InChI is InChI=1S/C22H19FN4OS/c1-2-15-6-8-16(9-7-15)19-13-20-22(24-10-11-27(20)26-19)29-14-21(28)25-18-5-3-4-17(23)12-18/h3-13H,2,14H2,1H3,(H,25,28). The van der Waals surface area contributed by atoms with E-state index >= 15 is 0 Å². The lowest BCUT2D eigenvalue weighted by atomic mass is 10.1. The highest BCUT2D eigenvalue weighted by Gasteiger charge is 2.12. The maximum absolute atomic E-state index is 13.3. The van der Waals surface area contributed by atoms with E-state index in [2.05, 4.69) is 46.6 Å². The van der Waals surface area contributed by atoms with E-state index in [1.807, 2.05) is 6.07 Å². The molecule has 2 heterocycles. The van der Waals surface area contributed by atoms with Crippen molar-refractivity contribution >= 4 is 28.9 Å². The third-order valence-corrected chi connectivity index (χ3v) is 5.46. The number of amides is 1. The summed E-state index contributed by atoms with van der Waals surface area (Å²) in [7, 11) is 0. The van der Waals surface area contributed by atoms with Gasteiger partial charge in [-0.25, -0.2) is 13.9 Å². The molecule has 2 aromatic heterocycles. The monoisotopic (exact) mass is 406 g/mol. The van der Waals surface area contributed by atoms with Crippen LogP contribution >= 0.6 is 11.8 Å². The molecule has 0 spiro atoms. The average molecular weight is 406 g/mol. The third-order valence-electron chi connectivity index (χ3n) is 4.46. The van der Waals surface area contributed by atoms with Gasteiger partial charge in [0, 0.05) is 23.6 Å². The van der Waals surface area contributed by atoms with Gasteiger partial charge in [0.15, 0.2) is 0 Å². The van der Waals surface area contributed by atoms with E-state index in [1.165, 1.54) is 29.5 Å². The van der Waals surface area contributed by atoms with Crippen molar-refractivity contribution in [3.63, 3.8) is 0 Å². The minimum Gasteiger partial charge on any atom is -0.325 e. The third kappa shape index (κ3) is 4.46. The molecule has 4 aromatic rings. The van der Waals surface area contributed by atoms with E-state index in [9.17, 15) is 9.18 Å². The molecule has 4 rings (SSSR count). The number of rotatable bonds is 6. The Kier molecular flexibility index (Phi) is 5.57. The largest absolute Gasteiger partial charge is 0.325 e. The maximum Gasteiger partial charge on any atom is 0.234 e. The van der Waals surface area contributed by atoms with Crippen LogP contribution in [0.3, 0.4) is 0 Å². The van der Waals surface area contributed by atoms with E-state index in [1.54, 1.807) is 29.0 Å². The van der Waals surface area contributed by atoms with Crippen molar-refractivity contribution < 1.29 is 9.18 Å². The first-order valence-electron chi connectivity index (χ1n) is 9.24. The molecule has 0 saturated carbocycles. The molecule has 146 valence electrons. The molecule has 0 radical (unpaired) electrons. The number of thioether (sulfide) groups is 1. The summed E-state index contributed by atoms with van der Waals surface area (Å²) in [5.74, 6) is -0.450. The Hall–Kier alpha value is -3.19. The van der Waals surface area contributed by atoms with Crippen molar-refractivity contribution in [2.24, 2.45) is 0 Å². The highest BCUT2D eigenvalue weighted by molar-refractivity contribution is 8.00. The van der Waals surface area contributed by atoms with Gasteiger partial charge in [-0.1, -0.05) is 49.0 Å². The van der Waals surface area contributed by atoms with Crippen LogP contribution in [0.15, 0.2) is 72.0 Å². The predicted molar refractivity (Wildman–Crippen MR) is 114 cm³/mol. The van der Waals surface area contributed by atoms with Crippen LogP contribution in [0.5, 0.6) is 0 Å². The van der Waals surface area contributed by atoms with Crippen LogP contribution in [0.25, 0.3) is 16.8 Å². The first kappa shape index (κ1) is 19.1. The topological polar surface area (TPSA) is 59.3 Å². The Labute approximate surface area is 172 Å². The lowest BCUT2D eigenvalue weighted by molar-refractivity contribution is -0.113. The SMILES string of the molecule is CCc1ccc(-c2cc3c(SCC(=O)Nc4cccc(F)c4)nccn3n2)cc1. The zero-order chi connectivity index (χ0) is 20.2. The summed E-state index contributed by atoms with van der Waals surface area (Å²) >= 11 is 1.32. The highest BCUT2D eigenvalue weighted by atomic mass is 32.2. The molecule has 0 atom stereocenters. The van der Waals surface area contributed by atoms with Gasteiger partial charge in [0.05, 0.1) is 17.0 Å². The summed E-state index contributed by atoms with van der Waals surface area (Å²) in [6, 6.07) is 16.1. The second-order valence-corrected chi connectivity index (χ2v) is 7.45. The molecule has 0 unspecified atom stereocenters. The predicted octanol–water partition coefficient (Wildman–Crippen LogP) is 4.83. The second kappa shape index (κ2) is 8.45. The Morgan fingerprint density at radius 2 is 2.00 bits per heavy atom. The number of nitrogens with one attached hydrogen (secondary N) is 1. The summed E-state index contributed by atoms with van der Waals surface area (Å²) in [5, 5.41) is 8.03. The number of carbonyl (C=O) groups is 1. The quantitative estimate of drug-likeness (QED) is 0.466. The van der Waals surface area contributed by atoms with Gasteiger partial charge in [-0.3, -0.25) is 4.79 Å². The first-order chi connectivity index (χ1) is 14.1. The number of benzene rings is 2. The molecule has 0 aliphatic carbocycles. The van der Waals surface area contributed by atoms with Gasteiger partial charge >= 0.3 is 0 Å². The Morgan fingerprint density at radius 1 is 1.17 bits per heavy atom. The molecule has 1 amide bonds. The van der Waals surface area contributed by atoms with E-state index in [4.69, 9.17) is 0 Å². The van der Waals surface area contributed by atoms with Crippen molar-refractivity contribution in [1.82, 2.24) is 14.6 Å². The lowest BCUT2D eigenvalue weighted by Gasteiger charge is -2.05. The van der Waals surface area contributed by atoms with Crippen molar-refractivity contribution in [3.8, 4) is 11.3 Å². The number of aryl methyl sites for hydroxylation is 1. The Morgan fingerprint density at radius 3 is 2.76 bits per heavy atom. The highest BCUT2D eigenvalue weighted by Crippen LogP contribution is 2.26. The van der Waals surface area contributed by atoms with Crippen molar-refractivity contribution in [1.29, 1.82) is 0 Å². The van der Waals surface area contributed by atoms with Gasteiger partial charge in [0.25, 0.3) is 0 Å². The van der Waals surface area contributed by atoms with Crippen LogP contribution in [0.2, 0.25) is 0 Å². The summed E-state index contributed by atoms with van der Waals surface area (Å²) in [5.41, 5.74) is 4.44. The molecule has 0 fully saturated rings. The van der Waals surface area contributed by atoms with Gasteiger partial charge in [-0.2, -0.15) is 5.10 Å². The second-order valence-electron chi connectivity index (χ2n) is 6.49. The maximum atomic E-state index is 13.3. The van der Waals surface area contributed by atoms with Crippen LogP contribution in [0, 0.1) is 5.82 Å². The molecule has 5 nitrogen and oxygen atoms in total. The van der Waals surface area contributed by atoms with E-state index in [0.717, 1.165) is 23.2 Å². The lowest BCUT2D eigenvalue weighted by Crippen LogP contribution is -2.14. The van der Waals surface area contributed by atoms with Gasteiger partial charge < -0.3 is 5.32 Å². The van der Waals surface area contributed by atoms with E-state index in [0.29, 0.717) is 10.7 Å². The number of hydrogen-bond acceptors (Lipinski definition) is 4. The average Bonchev–Trinajstić information content (AvgIpc) is 3.17. The van der Waals surface area contributed by atoms with Gasteiger partial charge in [-0.15, -0.1) is 0 Å². The fraction of sp³-hybridized carbons (Fsp3) is 0.136. The van der Waals surface area contributed by atoms with Crippen LogP contribution in [-0.2, 0) is 11.2 Å². The number of fused-ring (bicyclic) bond motifs is 1. The fourth-order valence-corrected chi connectivity index (χ4v) is 3.73. The number of hydrogen-bond donors (Lipinski definition) is 1. The zero-order valence-corrected chi connectivity index (χ0v) is 16.6. The first-order valence-corrected chi connectivity index (χ1v) is 10.2. The molecular weight excluding hydrogens is 387 g/mol. The number of halogens is 1. The molecule has 0 aliphatic heterocycles. The normalized spacial score (nSPS) is 11.0. The Bertz CT molecular complexity index is 1160. The fourth-order valence-electron chi connectivity index (χ4n) is 2.96. The molecular formula is C22H19FN4OS. The number of carbonyl (C=O) groups excluding carboxylic acids is 1. The number of anilines is 1. The van der Waals surface area contributed by atoms with E-state index in [-0.39, 0.29) is 17.5 Å². The molecule has 0 bridgehead atoms. The van der Waals surface area contributed by atoms with Crippen LogP contribution in [0.1, 0.15) is 12.5 Å². The minimum atomic E-state index is -0.388. The summed E-state index contributed by atoms with van der Waals surface area (Å²) in [6.07, 6.45) is 4.45. The summed E-state index contributed by atoms with van der Waals surface area (Å²) < 4.78 is 15.0. The molecule has 0 saturated heterocycles. The van der Waals surface area contributed by atoms with Crippen molar-refractivity contribution in [2.75, 3.05) is 11.1 Å². The van der Waals surface area contributed by atoms with Crippen LogP contribution < -0.4 is 5.32 Å². The molecule has 7 heteroatoms. The van der Waals surface area contributed by atoms with Crippen molar-refractivity contribution in [2.45, 2.75) is 18.4 Å². The summed E-state index contributed by atoms with van der Waals surface area (Å²) in [4.78, 5) is 16.6. The molecule has 2 aromatic carbocycles. The summed E-state index contributed by atoms with van der Waals surface area (Å²) in [6.45, 7) is 2.12. The zero-order valence-electron chi connectivity index (χ0n) is 15.8. The smallest absolute Gasteiger partial charge is 0.234 e. The van der Waals surface area contributed by atoms with Crippen molar-refractivity contribution in [3.05, 3.63) is 78.4 Å². The van der Waals surface area contributed by atoms with Gasteiger partial charge in [0.2, 0.25) is 5.91 Å². The Balaban J connectivity index is 1.50. The minimum absolute atomic E-state index is 0.162. The van der Waals surface area contributed by atoms with Crippen LogP contribution in [0.4, 0.5) is 10.1 Å². The number of aromatic nitrogens is 3. The molecule has 0 aliphatic rings. The number of nitrogens with zero attached hydrogens (tertiary/aromatic N) is 3. The molecule has 1 N–H and O–H groups in total. The molecule has 29 heavy (non-hydrogen) atoms. The van der Waals surface area contributed by atoms with Crippen LogP contribution in [-0.4, -0.2) is 26.3 Å².